The molecule has 2 fully saturated rings. The van der Waals surface area contributed by atoms with Gasteiger partial charge in [-0.3, -0.25) is 4.79 Å². The molecule has 10 heteroatoms. The van der Waals surface area contributed by atoms with Gasteiger partial charge in [0.15, 0.2) is 15.6 Å². The predicted molar refractivity (Wildman–Crippen MR) is 102 cm³/mol. The third-order valence-corrected chi connectivity index (χ3v) is 8.44. The van der Waals surface area contributed by atoms with Gasteiger partial charge in [0, 0.05) is 24.8 Å². The molecule has 1 aliphatic heterocycles. The van der Waals surface area contributed by atoms with Gasteiger partial charge < -0.3 is 9.47 Å². The fourth-order valence-electron chi connectivity index (χ4n) is 2.93. The number of hydrogen-bond acceptors (Lipinski definition) is 7. The molecule has 3 rings (SSSR count). The number of hydrogen-bond donors (Lipinski definition) is 0. The maximum absolute atomic E-state index is 12.9. The van der Waals surface area contributed by atoms with Crippen LogP contribution < -0.4 is 4.74 Å². The summed E-state index contributed by atoms with van der Waals surface area (Å²) in [6.45, 7) is 2.00. The van der Waals surface area contributed by atoms with Crippen molar-refractivity contribution in [1.82, 2.24) is 4.31 Å². The standard InChI is InChI=1S/C18H25NO7S2/c1-2-27(21,22)12-11-25-15-5-7-16(8-6-15)28(23,24)19-9-10-26-17(13-19)18(20)14-3-4-14/h5-8,14,17H,2-4,9-13H2,1H3/t17-/m1/s1. The van der Waals surface area contributed by atoms with E-state index in [4.69, 9.17) is 9.47 Å². The molecular formula is C18H25NO7S2. The van der Waals surface area contributed by atoms with Crippen LogP contribution in [0.2, 0.25) is 0 Å². The van der Waals surface area contributed by atoms with Gasteiger partial charge in [0.1, 0.15) is 18.5 Å². The molecule has 1 aromatic rings. The third kappa shape index (κ3) is 5.11. The van der Waals surface area contributed by atoms with Gasteiger partial charge in [-0.1, -0.05) is 6.92 Å². The number of nitrogens with zero attached hydrogens (tertiary/aromatic N) is 1. The molecule has 1 aromatic carbocycles. The molecule has 0 spiro atoms. The Morgan fingerprint density at radius 3 is 2.46 bits per heavy atom. The Morgan fingerprint density at radius 1 is 1.18 bits per heavy atom. The van der Waals surface area contributed by atoms with E-state index in [9.17, 15) is 21.6 Å². The van der Waals surface area contributed by atoms with E-state index in [1.807, 2.05) is 0 Å². The molecule has 0 N–H and O–H groups in total. The summed E-state index contributed by atoms with van der Waals surface area (Å²) in [5, 5.41) is 0. The number of rotatable bonds is 9. The van der Waals surface area contributed by atoms with Crippen molar-refractivity contribution in [3.63, 3.8) is 0 Å². The normalized spacial score (nSPS) is 21.4. The third-order valence-electron chi connectivity index (χ3n) is 4.89. The van der Waals surface area contributed by atoms with Crippen LogP contribution in [0.4, 0.5) is 0 Å². The molecule has 1 saturated carbocycles. The number of carbonyl (C=O) groups excluding carboxylic acids is 1. The lowest BCUT2D eigenvalue weighted by atomic mass is 10.1. The highest BCUT2D eigenvalue weighted by molar-refractivity contribution is 7.91. The average molecular weight is 432 g/mol. The van der Waals surface area contributed by atoms with Crippen LogP contribution in [0, 0.1) is 5.92 Å². The molecule has 2 aliphatic rings. The lowest BCUT2D eigenvalue weighted by molar-refractivity contribution is -0.135. The van der Waals surface area contributed by atoms with Crippen LogP contribution in [0.1, 0.15) is 19.8 Å². The van der Waals surface area contributed by atoms with Gasteiger partial charge in [-0.2, -0.15) is 4.31 Å². The molecule has 8 nitrogen and oxygen atoms in total. The zero-order valence-corrected chi connectivity index (χ0v) is 17.4. The summed E-state index contributed by atoms with van der Waals surface area (Å²) in [6.07, 6.45) is 1.01. The molecule has 28 heavy (non-hydrogen) atoms. The molecule has 1 aliphatic carbocycles. The first kappa shape index (κ1) is 21.2. The van der Waals surface area contributed by atoms with E-state index < -0.39 is 26.0 Å². The van der Waals surface area contributed by atoms with Crippen molar-refractivity contribution in [2.45, 2.75) is 30.8 Å². The largest absolute Gasteiger partial charge is 0.493 e. The van der Waals surface area contributed by atoms with Crippen molar-refractivity contribution in [3.05, 3.63) is 24.3 Å². The number of ketones is 1. The average Bonchev–Trinajstić information content (AvgIpc) is 3.53. The van der Waals surface area contributed by atoms with Gasteiger partial charge in [-0.25, -0.2) is 16.8 Å². The van der Waals surface area contributed by atoms with Crippen LogP contribution >= 0.6 is 0 Å². The second-order valence-corrected chi connectivity index (χ2v) is 11.4. The Labute approximate surface area is 165 Å². The molecule has 0 aromatic heterocycles. The second kappa shape index (κ2) is 8.48. The van der Waals surface area contributed by atoms with Crippen LogP contribution in [0.5, 0.6) is 5.75 Å². The molecular weight excluding hydrogens is 406 g/mol. The summed E-state index contributed by atoms with van der Waals surface area (Å²) in [7, 11) is -6.87. The molecule has 1 heterocycles. The van der Waals surface area contributed by atoms with Crippen LogP contribution in [0.25, 0.3) is 0 Å². The quantitative estimate of drug-likeness (QED) is 0.571. The first-order chi connectivity index (χ1) is 13.2. The van der Waals surface area contributed by atoms with Gasteiger partial charge >= 0.3 is 0 Å². The fourth-order valence-corrected chi connectivity index (χ4v) is 4.99. The highest BCUT2D eigenvalue weighted by Crippen LogP contribution is 2.32. The first-order valence-electron chi connectivity index (χ1n) is 9.32. The van der Waals surface area contributed by atoms with Crippen LogP contribution in [-0.4, -0.2) is 70.8 Å². The minimum Gasteiger partial charge on any atom is -0.493 e. The molecule has 0 amide bonds. The molecule has 1 atom stereocenters. The SMILES string of the molecule is CCS(=O)(=O)CCOc1ccc(S(=O)(=O)N2CCO[C@@H](C(=O)C3CC3)C2)cc1. The van der Waals surface area contributed by atoms with E-state index in [1.54, 1.807) is 6.92 Å². The Hall–Kier alpha value is -1.49. The van der Waals surface area contributed by atoms with E-state index in [-0.39, 0.29) is 54.4 Å². The van der Waals surface area contributed by atoms with E-state index in [0.717, 1.165) is 12.8 Å². The minimum absolute atomic E-state index is 0.00863. The van der Waals surface area contributed by atoms with Gasteiger partial charge in [0.2, 0.25) is 10.0 Å². The number of sulfone groups is 1. The Kier molecular flexibility index (Phi) is 6.43. The second-order valence-electron chi connectivity index (χ2n) is 6.96. The van der Waals surface area contributed by atoms with Crippen molar-refractivity contribution in [2.75, 3.05) is 37.8 Å². The summed E-state index contributed by atoms with van der Waals surface area (Å²) in [5.74, 6) is 0.366. The van der Waals surface area contributed by atoms with E-state index in [1.165, 1.54) is 28.6 Å². The molecule has 0 unspecified atom stereocenters. The number of benzene rings is 1. The van der Waals surface area contributed by atoms with Crippen LogP contribution in [-0.2, 0) is 29.4 Å². The summed E-state index contributed by atoms with van der Waals surface area (Å²) in [5.41, 5.74) is 0. The lowest BCUT2D eigenvalue weighted by Crippen LogP contribution is -2.48. The zero-order chi connectivity index (χ0) is 20.4. The van der Waals surface area contributed by atoms with Gasteiger partial charge in [0.05, 0.1) is 17.3 Å². The van der Waals surface area contributed by atoms with E-state index >= 15 is 0 Å². The molecule has 0 radical (unpaired) electrons. The van der Waals surface area contributed by atoms with Crippen molar-refractivity contribution >= 4 is 25.6 Å². The summed E-state index contributed by atoms with van der Waals surface area (Å²) < 4.78 is 60.8. The number of ether oxygens (including phenoxy) is 2. The number of sulfonamides is 1. The summed E-state index contributed by atoms with van der Waals surface area (Å²) in [6, 6.07) is 5.84. The van der Waals surface area contributed by atoms with Gasteiger partial charge in [-0.15, -0.1) is 0 Å². The maximum Gasteiger partial charge on any atom is 0.243 e. The molecule has 156 valence electrons. The van der Waals surface area contributed by atoms with Crippen LogP contribution in [0.3, 0.4) is 0 Å². The van der Waals surface area contributed by atoms with Crippen molar-refractivity contribution in [3.8, 4) is 5.75 Å². The Bertz CT molecular complexity index is 906. The lowest BCUT2D eigenvalue weighted by Gasteiger charge is -2.31. The topological polar surface area (TPSA) is 107 Å². The van der Waals surface area contributed by atoms with Crippen molar-refractivity contribution in [2.24, 2.45) is 5.92 Å². The van der Waals surface area contributed by atoms with E-state index in [2.05, 4.69) is 0 Å². The number of morpholine rings is 1. The highest BCUT2D eigenvalue weighted by Gasteiger charge is 2.40. The fraction of sp³-hybridized carbons (Fsp3) is 0.611. The maximum atomic E-state index is 12.9. The Morgan fingerprint density at radius 2 is 1.86 bits per heavy atom. The number of Topliss-reactive ketones (excluding diaryl/α,β-unsaturated/α-hetero) is 1. The Balaban J connectivity index is 1.62. The van der Waals surface area contributed by atoms with Crippen molar-refractivity contribution < 1.29 is 31.1 Å². The molecule has 1 saturated heterocycles. The van der Waals surface area contributed by atoms with Gasteiger partial charge in [0.25, 0.3) is 0 Å². The smallest absolute Gasteiger partial charge is 0.243 e. The molecule has 0 bridgehead atoms. The zero-order valence-electron chi connectivity index (χ0n) is 15.7. The minimum atomic E-state index is -3.75. The summed E-state index contributed by atoms with van der Waals surface area (Å²) >= 11 is 0. The monoisotopic (exact) mass is 431 g/mol. The number of carbonyl (C=O) groups is 1. The summed E-state index contributed by atoms with van der Waals surface area (Å²) in [4.78, 5) is 12.3. The highest BCUT2D eigenvalue weighted by atomic mass is 32.2. The predicted octanol–water partition coefficient (Wildman–Crippen LogP) is 0.869. The van der Waals surface area contributed by atoms with Crippen molar-refractivity contribution in [1.29, 1.82) is 0 Å². The van der Waals surface area contributed by atoms with E-state index in [0.29, 0.717) is 5.75 Å². The first-order valence-corrected chi connectivity index (χ1v) is 12.6. The van der Waals surface area contributed by atoms with Gasteiger partial charge in [-0.05, 0) is 37.1 Å². The van der Waals surface area contributed by atoms with Crippen LogP contribution in [0.15, 0.2) is 29.2 Å².